The molecule has 1 aromatic heterocycles. The first kappa shape index (κ1) is 20.1. The number of nitrogens with one attached hydrogen (secondary N) is 1. The lowest BCUT2D eigenvalue weighted by Crippen LogP contribution is -2.22. The van der Waals surface area contributed by atoms with E-state index in [1.165, 1.54) is 18.4 Å². The number of benzene rings is 1. The normalized spacial score (nSPS) is 15.5. The fraction of sp³-hybridized carbons (Fsp3) is 0.381. The monoisotopic (exact) mass is 401 g/mol. The Balaban J connectivity index is 1.70. The molecule has 0 spiro atoms. The lowest BCUT2D eigenvalue weighted by atomic mass is 9.88. The van der Waals surface area contributed by atoms with Gasteiger partial charge in [0.15, 0.2) is 6.61 Å². The van der Waals surface area contributed by atoms with Gasteiger partial charge in [-0.2, -0.15) is 0 Å². The van der Waals surface area contributed by atoms with Crippen molar-refractivity contribution in [2.75, 3.05) is 19.0 Å². The molecule has 28 heavy (non-hydrogen) atoms. The Morgan fingerprint density at radius 3 is 2.75 bits per heavy atom. The molecule has 6 nitrogen and oxygen atoms in total. The van der Waals surface area contributed by atoms with Crippen LogP contribution in [0.5, 0.6) is 0 Å². The van der Waals surface area contributed by atoms with E-state index in [1.54, 1.807) is 18.2 Å². The lowest BCUT2D eigenvalue weighted by molar-refractivity contribution is -0.119. The van der Waals surface area contributed by atoms with Crippen LogP contribution in [-0.4, -0.2) is 31.6 Å². The summed E-state index contributed by atoms with van der Waals surface area (Å²) in [5, 5.41) is 3.18. The number of hydrogen-bond donors (Lipinski definition) is 1. The van der Waals surface area contributed by atoms with Gasteiger partial charge in [0.25, 0.3) is 5.91 Å². The van der Waals surface area contributed by atoms with Gasteiger partial charge in [0.1, 0.15) is 5.00 Å². The number of hydrogen-bond acceptors (Lipinski definition) is 6. The van der Waals surface area contributed by atoms with Crippen molar-refractivity contribution in [3.63, 3.8) is 0 Å². The van der Waals surface area contributed by atoms with Gasteiger partial charge in [-0.3, -0.25) is 4.79 Å². The molecule has 3 rings (SSSR count). The molecule has 1 aromatic carbocycles. The zero-order chi connectivity index (χ0) is 20.3. The first-order valence-electron chi connectivity index (χ1n) is 9.15. The van der Waals surface area contributed by atoms with E-state index in [2.05, 4.69) is 12.2 Å². The van der Waals surface area contributed by atoms with Gasteiger partial charge in [-0.1, -0.05) is 24.6 Å². The summed E-state index contributed by atoms with van der Waals surface area (Å²) in [6.07, 6.45) is 2.66. The Bertz CT molecular complexity index is 918. The maximum Gasteiger partial charge on any atom is 0.341 e. The Morgan fingerprint density at radius 1 is 1.25 bits per heavy atom. The third kappa shape index (κ3) is 4.42. The van der Waals surface area contributed by atoms with Crippen LogP contribution in [0, 0.1) is 12.8 Å². The molecule has 1 aliphatic rings. The van der Waals surface area contributed by atoms with E-state index in [-0.39, 0.29) is 0 Å². The average molecular weight is 401 g/mol. The molecule has 1 amide bonds. The highest BCUT2D eigenvalue weighted by Crippen LogP contribution is 2.40. The molecule has 1 atom stereocenters. The molecule has 0 saturated heterocycles. The van der Waals surface area contributed by atoms with Crippen LogP contribution in [0.3, 0.4) is 0 Å². The predicted octanol–water partition coefficient (Wildman–Crippen LogP) is 3.76. The van der Waals surface area contributed by atoms with Gasteiger partial charge in [0.2, 0.25) is 0 Å². The van der Waals surface area contributed by atoms with Gasteiger partial charge in [-0.05, 0) is 49.8 Å². The van der Waals surface area contributed by atoms with Gasteiger partial charge < -0.3 is 14.8 Å². The SMILES string of the molecule is COC(=O)c1c(NC(=O)COC(=O)c2cccc(C)c2)sc2c1CCC(C)C2. The third-order valence-corrected chi connectivity index (χ3v) is 5.91. The number of rotatable bonds is 5. The van der Waals surface area contributed by atoms with E-state index in [0.717, 1.165) is 35.3 Å². The van der Waals surface area contributed by atoms with Crippen LogP contribution in [0.15, 0.2) is 24.3 Å². The molecular weight excluding hydrogens is 378 g/mol. The minimum Gasteiger partial charge on any atom is -0.465 e. The maximum atomic E-state index is 12.3. The number of thiophene rings is 1. The molecule has 0 radical (unpaired) electrons. The van der Waals surface area contributed by atoms with Gasteiger partial charge in [0.05, 0.1) is 18.2 Å². The van der Waals surface area contributed by atoms with Crippen molar-refractivity contribution >= 4 is 34.2 Å². The maximum absolute atomic E-state index is 12.3. The summed E-state index contributed by atoms with van der Waals surface area (Å²) in [6, 6.07) is 6.96. The number of fused-ring (bicyclic) bond motifs is 1. The van der Waals surface area contributed by atoms with Crippen molar-refractivity contribution in [1.29, 1.82) is 0 Å². The summed E-state index contributed by atoms with van der Waals surface area (Å²) in [7, 11) is 1.33. The Hall–Kier alpha value is -2.67. The minimum absolute atomic E-state index is 0.392. The fourth-order valence-corrected chi connectivity index (χ4v) is 4.72. The largest absolute Gasteiger partial charge is 0.465 e. The van der Waals surface area contributed by atoms with Crippen molar-refractivity contribution < 1.29 is 23.9 Å². The zero-order valence-corrected chi connectivity index (χ0v) is 17.0. The van der Waals surface area contributed by atoms with Gasteiger partial charge >= 0.3 is 11.9 Å². The molecule has 1 heterocycles. The van der Waals surface area contributed by atoms with E-state index in [1.807, 2.05) is 13.0 Å². The van der Waals surface area contributed by atoms with Crippen molar-refractivity contribution in [3.05, 3.63) is 51.4 Å². The Morgan fingerprint density at radius 2 is 2.04 bits per heavy atom. The highest BCUT2D eigenvalue weighted by molar-refractivity contribution is 7.17. The Kier molecular flexibility index (Phi) is 6.14. The van der Waals surface area contributed by atoms with E-state index in [9.17, 15) is 14.4 Å². The molecule has 148 valence electrons. The lowest BCUT2D eigenvalue weighted by Gasteiger charge is -2.18. The number of carbonyl (C=O) groups excluding carboxylic acids is 3. The topological polar surface area (TPSA) is 81.7 Å². The number of carbonyl (C=O) groups is 3. The van der Waals surface area contributed by atoms with E-state index in [0.29, 0.717) is 22.0 Å². The number of aryl methyl sites for hydroxylation is 1. The van der Waals surface area contributed by atoms with Crippen LogP contribution in [-0.2, 0) is 27.1 Å². The summed E-state index contributed by atoms with van der Waals surface area (Å²) in [5.41, 5.74) is 2.71. The average Bonchev–Trinajstić information content (AvgIpc) is 3.02. The number of ether oxygens (including phenoxy) is 2. The highest BCUT2D eigenvalue weighted by atomic mass is 32.1. The minimum atomic E-state index is -0.564. The second-order valence-corrected chi connectivity index (χ2v) is 8.15. The zero-order valence-electron chi connectivity index (χ0n) is 16.2. The van der Waals surface area contributed by atoms with Crippen molar-refractivity contribution in [2.24, 2.45) is 5.92 Å². The van der Waals surface area contributed by atoms with Crippen LogP contribution in [0.25, 0.3) is 0 Å². The number of esters is 2. The number of methoxy groups -OCH3 is 1. The fourth-order valence-electron chi connectivity index (χ4n) is 3.31. The summed E-state index contributed by atoms with van der Waals surface area (Å²) < 4.78 is 10.0. The molecule has 0 fully saturated rings. The Labute approximate surface area is 167 Å². The quantitative estimate of drug-likeness (QED) is 0.772. The van der Waals surface area contributed by atoms with Gasteiger partial charge in [0, 0.05) is 4.88 Å². The molecule has 1 N–H and O–H groups in total. The molecule has 1 unspecified atom stereocenters. The van der Waals surface area contributed by atoms with Crippen LogP contribution in [0.1, 0.15) is 50.1 Å². The molecule has 0 saturated carbocycles. The van der Waals surface area contributed by atoms with Crippen molar-refractivity contribution in [2.45, 2.75) is 33.1 Å². The second kappa shape index (κ2) is 8.56. The van der Waals surface area contributed by atoms with E-state index >= 15 is 0 Å². The summed E-state index contributed by atoms with van der Waals surface area (Å²) >= 11 is 1.40. The first-order chi connectivity index (χ1) is 13.4. The molecular formula is C21H23NO5S. The van der Waals surface area contributed by atoms with Crippen molar-refractivity contribution in [1.82, 2.24) is 0 Å². The standard InChI is InChI=1S/C21H23NO5S/c1-12-5-4-6-14(9-12)20(24)27-11-17(23)22-19-18(21(25)26-3)15-8-7-13(2)10-16(15)28-19/h4-6,9,13H,7-8,10-11H2,1-3H3,(H,22,23). The summed E-state index contributed by atoms with van der Waals surface area (Å²) in [4.78, 5) is 37.8. The molecule has 0 bridgehead atoms. The number of amides is 1. The second-order valence-electron chi connectivity index (χ2n) is 7.04. The first-order valence-corrected chi connectivity index (χ1v) is 9.97. The molecule has 1 aliphatic carbocycles. The summed E-state index contributed by atoms with van der Waals surface area (Å²) in [6.45, 7) is 3.62. The van der Waals surface area contributed by atoms with Crippen LogP contribution in [0.4, 0.5) is 5.00 Å². The molecule has 0 aliphatic heterocycles. The van der Waals surface area contributed by atoms with Crippen LogP contribution >= 0.6 is 11.3 Å². The van der Waals surface area contributed by atoms with Crippen LogP contribution < -0.4 is 5.32 Å². The van der Waals surface area contributed by atoms with Crippen LogP contribution in [0.2, 0.25) is 0 Å². The smallest absolute Gasteiger partial charge is 0.341 e. The molecule has 7 heteroatoms. The predicted molar refractivity (Wildman–Crippen MR) is 107 cm³/mol. The van der Waals surface area contributed by atoms with E-state index in [4.69, 9.17) is 9.47 Å². The van der Waals surface area contributed by atoms with E-state index < -0.39 is 24.5 Å². The third-order valence-electron chi connectivity index (χ3n) is 4.74. The summed E-state index contributed by atoms with van der Waals surface area (Å²) in [5.74, 6) is -0.973. The van der Waals surface area contributed by atoms with Gasteiger partial charge in [-0.15, -0.1) is 11.3 Å². The van der Waals surface area contributed by atoms with Crippen molar-refractivity contribution in [3.8, 4) is 0 Å². The highest BCUT2D eigenvalue weighted by Gasteiger charge is 2.29. The number of anilines is 1. The van der Waals surface area contributed by atoms with Gasteiger partial charge in [-0.25, -0.2) is 9.59 Å². The molecule has 2 aromatic rings.